The van der Waals surface area contributed by atoms with Crippen molar-refractivity contribution in [3.8, 4) is 6.07 Å². The first-order chi connectivity index (χ1) is 8.28. The van der Waals surface area contributed by atoms with Gasteiger partial charge in [-0.05, 0) is 31.2 Å². The van der Waals surface area contributed by atoms with Crippen LogP contribution in [0.5, 0.6) is 0 Å². The summed E-state index contributed by atoms with van der Waals surface area (Å²) in [5.74, 6) is 2.08. The molecule has 1 unspecified atom stereocenters. The Balaban J connectivity index is 1.80. The van der Waals surface area contributed by atoms with Crippen LogP contribution < -0.4 is 5.32 Å². The number of rotatable bonds is 5. The lowest BCUT2D eigenvalue weighted by atomic mass is 10.2. The summed E-state index contributed by atoms with van der Waals surface area (Å²) in [6.45, 7) is 2.69. The van der Waals surface area contributed by atoms with Gasteiger partial charge >= 0.3 is 0 Å². The molecule has 0 bridgehead atoms. The molecule has 2 heterocycles. The van der Waals surface area contributed by atoms with Crippen LogP contribution in [0.15, 0.2) is 39.4 Å². The second-order valence-corrected chi connectivity index (χ2v) is 3.94. The number of furan rings is 2. The number of hydrogen-bond acceptors (Lipinski definition) is 4. The fourth-order valence-electron chi connectivity index (χ4n) is 1.61. The molecule has 88 valence electrons. The van der Waals surface area contributed by atoms with Crippen LogP contribution in [-0.2, 0) is 13.0 Å². The summed E-state index contributed by atoms with van der Waals surface area (Å²) in [6, 6.07) is 9.58. The zero-order chi connectivity index (χ0) is 12.1. The van der Waals surface area contributed by atoms with Crippen LogP contribution in [0.2, 0.25) is 0 Å². The average molecular weight is 230 g/mol. The summed E-state index contributed by atoms with van der Waals surface area (Å²) in [6.07, 6.45) is 2.51. The molecule has 0 fully saturated rings. The third-order valence-corrected chi connectivity index (χ3v) is 2.48. The zero-order valence-corrected chi connectivity index (χ0v) is 9.64. The van der Waals surface area contributed by atoms with E-state index in [-0.39, 0.29) is 6.04 Å². The molecule has 2 aromatic rings. The number of hydrogen-bond donors (Lipinski definition) is 1. The van der Waals surface area contributed by atoms with E-state index in [4.69, 9.17) is 14.1 Å². The van der Waals surface area contributed by atoms with Crippen LogP contribution in [0.3, 0.4) is 0 Å². The Kier molecular flexibility index (Phi) is 3.63. The standard InChI is InChI=1S/C13H14N2O2/c1-10(7-11-3-2-6-16-11)15-9-13-5-4-12(8-14)17-13/h2-6,10,15H,7,9H2,1H3. The molecule has 0 radical (unpaired) electrons. The lowest BCUT2D eigenvalue weighted by molar-refractivity contribution is 0.424. The van der Waals surface area contributed by atoms with Gasteiger partial charge in [-0.1, -0.05) is 0 Å². The Morgan fingerprint density at radius 2 is 2.24 bits per heavy atom. The van der Waals surface area contributed by atoms with Crippen molar-refractivity contribution in [2.24, 2.45) is 0 Å². The van der Waals surface area contributed by atoms with Gasteiger partial charge in [0.1, 0.15) is 17.6 Å². The molecule has 0 saturated heterocycles. The molecule has 0 aliphatic carbocycles. The van der Waals surface area contributed by atoms with Gasteiger partial charge in [0.2, 0.25) is 5.76 Å². The van der Waals surface area contributed by atoms with Gasteiger partial charge in [-0.15, -0.1) is 0 Å². The van der Waals surface area contributed by atoms with E-state index in [2.05, 4.69) is 12.2 Å². The summed E-state index contributed by atoms with van der Waals surface area (Å²) in [7, 11) is 0. The van der Waals surface area contributed by atoms with Gasteiger partial charge in [-0.2, -0.15) is 5.26 Å². The Morgan fingerprint density at radius 3 is 2.88 bits per heavy atom. The molecule has 17 heavy (non-hydrogen) atoms. The highest BCUT2D eigenvalue weighted by Gasteiger charge is 2.07. The fourth-order valence-corrected chi connectivity index (χ4v) is 1.61. The summed E-state index contributed by atoms with van der Waals surface area (Å²) in [5, 5.41) is 11.9. The van der Waals surface area contributed by atoms with Gasteiger partial charge in [-0.25, -0.2) is 0 Å². The van der Waals surface area contributed by atoms with Crippen molar-refractivity contribution in [2.75, 3.05) is 0 Å². The third kappa shape index (κ3) is 3.23. The molecular formula is C13H14N2O2. The third-order valence-electron chi connectivity index (χ3n) is 2.48. The smallest absolute Gasteiger partial charge is 0.203 e. The van der Waals surface area contributed by atoms with E-state index in [0.29, 0.717) is 12.3 Å². The molecule has 0 saturated carbocycles. The first-order valence-electron chi connectivity index (χ1n) is 5.52. The molecule has 0 aromatic carbocycles. The number of nitriles is 1. The van der Waals surface area contributed by atoms with Crippen LogP contribution in [0.1, 0.15) is 24.2 Å². The second kappa shape index (κ2) is 5.37. The lowest BCUT2D eigenvalue weighted by Crippen LogP contribution is -2.27. The molecule has 2 aromatic heterocycles. The summed E-state index contributed by atoms with van der Waals surface area (Å²) in [5.41, 5.74) is 0. The van der Waals surface area contributed by atoms with E-state index >= 15 is 0 Å². The maximum absolute atomic E-state index is 8.62. The predicted octanol–water partition coefficient (Wildman–Crippen LogP) is 2.47. The normalized spacial score (nSPS) is 12.2. The molecule has 2 rings (SSSR count). The number of nitrogens with zero attached hydrogens (tertiary/aromatic N) is 1. The molecule has 0 aliphatic heterocycles. The Hall–Kier alpha value is -1.99. The average Bonchev–Trinajstić information content (AvgIpc) is 2.96. The molecule has 0 aliphatic rings. The Morgan fingerprint density at radius 1 is 1.35 bits per heavy atom. The maximum atomic E-state index is 8.62. The minimum Gasteiger partial charge on any atom is -0.469 e. The van der Waals surface area contributed by atoms with Gasteiger partial charge in [0, 0.05) is 12.5 Å². The van der Waals surface area contributed by atoms with E-state index in [1.54, 1.807) is 12.3 Å². The fraction of sp³-hybridized carbons (Fsp3) is 0.308. The topological polar surface area (TPSA) is 62.1 Å². The highest BCUT2D eigenvalue weighted by molar-refractivity contribution is 5.19. The van der Waals surface area contributed by atoms with Gasteiger partial charge in [0.25, 0.3) is 0 Å². The second-order valence-electron chi connectivity index (χ2n) is 3.94. The molecule has 4 nitrogen and oxygen atoms in total. The van der Waals surface area contributed by atoms with Crippen molar-refractivity contribution >= 4 is 0 Å². The molecule has 1 N–H and O–H groups in total. The predicted molar refractivity (Wildman–Crippen MR) is 62.1 cm³/mol. The van der Waals surface area contributed by atoms with E-state index < -0.39 is 0 Å². The van der Waals surface area contributed by atoms with E-state index in [1.807, 2.05) is 24.3 Å². The van der Waals surface area contributed by atoms with E-state index in [0.717, 1.165) is 17.9 Å². The van der Waals surface area contributed by atoms with Crippen LogP contribution in [0, 0.1) is 11.3 Å². The highest BCUT2D eigenvalue weighted by atomic mass is 16.3. The van der Waals surface area contributed by atoms with Crippen molar-refractivity contribution in [3.63, 3.8) is 0 Å². The van der Waals surface area contributed by atoms with Gasteiger partial charge in [-0.3, -0.25) is 0 Å². The van der Waals surface area contributed by atoms with Gasteiger partial charge < -0.3 is 14.2 Å². The first kappa shape index (κ1) is 11.5. The minimum absolute atomic E-state index is 0.289. The first-order valence-corrected chi connectivity index (χ1v) is 5.52. The molecule has 1 atom stereocenters. The monoisotopic (exact) mass is 230 g/mol. The van der Waals surface area contributed by atoms with E-state index in [1.165, 1.54) is 0 Å². The summed E-state index contributed by atoms with van der Waals surface area (Å²) in [4.78, 5) is 0. The van der Waals surface area contributed by atoms with Crippen LogP contribution in [0.25, 0.3) is 0 Å². The van der Waals surface area contributed by atoms with Crippen molar-refractivity contribution in [3.05, 3.63) is 47.8 Å². The van der Waals surface area contributed by atoms with Gasteiger partial charge in [0.15, 0.2) is 0 Å². The largest absolute Gasteiger partial charge is 0.469 e. The molecule has 0 amide bonds. The van der Waals surface area contributed by atoms with Crippen LogP contribution >= 0.6 is 0 Å². The summed E-state index contributed by atoms with van der Waals surface area (Å²) >= 11 is 0. The van der Waals surface area contributed by atoms with Crippen molar-refractivity contribution in [1.29, 1.82) is 5.26 Å². The summed E-state index contributed by atoms with van der Waals surface area (Å²) < 4.78 is 10.5. The lowest BCUT2D eigenvalue weighted by Gasteiger charge is -2.10. The van der Waals surface area contributed by atoms with Gasteiger partial charge in [0.05, 0.1) is 12.8 Å². The Bertz CT molecular complexity index is 494. The zero-order valence-electron chi connectivity index (χ0n) is 9.64. The minimum atomic E-state index is 0.289. The number of nitrogens with one attached hydrogen (secondary N) is 1. The van der Waals surface area contributed by atoms with Crippen molar-refractivity contribution < 1.29 is 8.83 Å². The van der Waals surface area contributed by atoms with E-state index in [9.17, 15) is 0 Å². The van der Waals surface area contributed by atoms with Crippen LogP contribution in [-0.4, -0.2) is 6.04 Å². The molecule has 4 heteroatoms. The van der Waals surface area contributed by atoms with Crippen molar-refractivity contribution in [2.45, 2.75) is 25.9 Å². The van der Waals surface area contributed by atoms with Crippen molar-refractivity contribution in [1.82, 2.24) is 5.32 Å². The quantitative estimate of drug-likeness (QED) is 0.857. The Labute approximate surface area is 99.8 Å². The molecule has 0 spiro atoms. The SMILES string of the molecule is CC(Cc1ccco1)NCc1ccc(C#N)o1. The highest BCUT2D eigenvalue weighted by Crippen LogP contribution is 2.08. The molecular weight excluding hydrogens is 216 g/mol. The van der Waals surface area contributed by atoms with Crippen LogP contribution in [0.4, 0.5) is 0 Å². The maximum Gasteiger partial charge on any atom is 0.203 e.